The molecule has 1 aliphatic heterocycles. The number of thioether (sulfide) groups is 1. The number of carbonyl (C=O) groups excluding carboxylic acids is 2. The number of aryl methyl sites for hydroxylation is 1. The van der Waals surface area contributed by atoms with Gasteiger partial charge in [-0.05, 0) is 66.1 Å². The van der Waals surface area contributed by atoms with Gasteiger partial charge < -0.3 is 9.15 Å². The molecule has 0 unspecified atom stereocenters. The molecule has 0 aliphatic carbocycles. The minimum Gasteiger partial charge on any atom is -0.491 e. The first-order chi connectivity index (χ1) is 17.1. The molecule has 186 valence electrons. The Hall–Kier alpha value is -3.56. The Morgan fingerprint density at radius 2 is 1.94 bits per heavy atom. The summed E-state index contributed by atoms with van der Waals surface area (Å²) < 4.78 is 11.7. The van der Waals surface area contributed by atoms with Crippen LogP contribution in [0.2, 0.25) is 5.02 Å². The number of benzene rings is 2. The minimum atomic E-state index is -0.571. The molecule has 4 rings (SSSR count). The average molecular weight is 527 g/mol. The molecule has 3 aromatic rings. The molecule has 0 N–H and O–H groups in total. The molecule has 10 heteroatoms. The Balaban J connectivity index is 1.44. The van der Waals surface area contributed by atoms with Gasteiger partial charge >= 0.3 is 0 Å². The van der Waals surface area contributed by atoms with E-state index in [2.05, 4.69) is 13.8 Å². The van der Waals surface area contributed by atoms with Crippen molar-refractivity contribution in [3.63, 3.8) is 0 Å². The van der Waals surface area contributed by atoms with Crippen molar-refractivity contribution < 1.29 is 23.7 Å². The number of amides is 2. The number of imide groups is 1. The SMILES string of the molecule is Cc1ccc(C(C)C)c(OCCN2C(=O)S/C(=C\c3ccc(-c4ccc(Cl)c([N+](=O)[O-])c4)o3)C2=O)c1. The molecule has 2 aromatic carbocycles. The van der Waals surface area contributed by atoms with Crippen LogP contribution in [0.15, 0.2) is 57.9 Å². The van der Waals surface area contributed by atoms with Gasteiger partial charge in [-0.3, -0.25) is 24.6 Å². The van der Waals surface area contributed by atoms with Gasteiger partial charge in [0.2, 0.25) is 0 Å². The van der Waals surface area contributed by atoms with Crippen LogP contribution < -0.4 is 4.74 Å². The summed E-state index contributed by atoms with van der Waals surface area (Å²) >= 11 is 6.70. The summed E-state index contributed by atoms with van der Waals surface area (Å²) in [5.41, 5.74) is 2.36. The Bertz CT molecular complexity index is 1380. The van der Waals surface area contributed by atoms with Crippen LogP contribution in [0, 0.1) is 17.0 Å². The monoisotopic (exact) mass is 526 g/mol. The van der Waals surface area contributed by atoms with E-state index in [1.165, 1.54) is 18.2 Å². The predicted molar refractivity (Wildman–Crippen MR) is 139 cm³/mol. The number of ether oxygens (including phenoxy) is 1. The van der Waals surface area contributed by atoms with E-state index >= 15 is 0 Å². The lowest BCUT2D eigenvalue weighted by atomic mass is 10.0. The van der Waals surface area contributed by atoms with Gasteiger partial charge in [-0.1, -0.05) is 37.6 Å². The zero-order chi connectivity index (χ0) is 26.0. The fourth-order valence-electron chi connectivity index (χ4n) is 3.70. The Kier molecular flexibility index (Phi) is 7.51. The highest BCUT2D eigenvalue weighted by Crippen LogP contribution is 2.35. The summed E-state index contributed by atoms with van der Waals surface area (Å²) in [6, 6.07) is 13.6. The second kappa shape index (κ2) is 10.6. The Morgan fingerprint density at radius 1 is 1.17 bits per heavy atom. The third-order valence-corrected chi connectivity index (χ3v) is 6.79. The van der Waals surface area contributed by atoms with Crippen molar-refractivity contribution in [3.05, 3.63) is 85.5 Å². The van der Waals surface area contributed by atoms with Crippen molar-refractivity contribution in [2.24, 2.45) is 0 Å². The second-order valence-corrected chi connectivity index (χ2v) is 9.90. The third-order valence-electron chi connectivity index (χ3n) is 5.56. The standard InChI is InChI=1S/C26H23ClN2O6S/c1-15(2)19-7-4-16(3)12-23(19)34-11-10-28-25(30)24(36-26(28)31)14-18-6-9-22(35-18)17-5-8-20(27)21(13-17)29(32)33/h4-9,12-15H,10-11H2,1-3H3/b24-14-. The van der Waals surface area contributed by atoms with E-state index in [1.807, 2.05) is 25.1 Å². The van der Waals surface area contributed by atoms with E-state index in [4.69, 9.17) is 20.8 Å². The van der Waals surface area contributed by atoms with Crippen LogP contribution in [0.25, 0.3) is 17.4 Å². The molecule has 36 heavy (non-hydrogen) atoms. The largest absolute Gasteiger partial charge is 0.491 e. The molecular formula is C26H23ClN2O6S. The lowest BCUT2D eigenvalue weighted by Crippen LogP contribution is -2.32. The fourth-order valence-corrected chi connectivity index (χ4v) is 4.74. The lowest BCUT2D eigenvalue weighted by molar-refractivity contribution is -0.384. The van der Waals surface area contributed by atoms with Crippen LogP contribution in [-0.2, 0) is 4.79 Å². The molecule has 2 amide bonds. The van der Waals surface area contributed by atoms with Crippen LogP contribution in [0.5, 0.6) is 5.75 Å². The first-order valence-electron chi connectivity index (χ1n) is 11.2. The van der Waals surface area contributed by atoms with Gasteiger partial charge in [-0.15, -0.1) is 0 Å². The van der Waals surface area contributed by atoms with Crippen molar-refractivity contribution >= 4 is 46.3 Å². The van der Waals surface area contributed by atoms with E-state index in [-0.39, 0.29) is 39.9 Å². The van der Waals surface area contributed by atoms with Gasteiger partial charge in [0.25, 0.3) is 16.8 Å². The van der Waals surface area contributed by atoms with Crippen LogP contribution in [0.4, 0.5) is 10.5 Å². The summed E-state index contributed by atoms with van der Waals surface area (Å²) in [7, 11) is 0. The van der Waals surface area contributed by atoms with Gasteiger partial charge in [0.05, 0.1) is 16.4 Å². The molecule has 1 saturated heterocycles. The number of hydrogen-bond acceptors (Lipinski definition) is 7. The van der Waals surface area contributed by atoms with E-state index < -0.39 is 10.8 Å². The zero-order valence-corrected chi connectivity index (χ0v) is 21.4. The third kappa shape index (κ3) is 5.47. The zero-order valence-electron chi connectivity index (χ0n) is 19.8. The molecule has 0 atom stereocenters. The van der Waals surface area contributed by atoms with Crippen molar-refractivity contribution in [1.82, 2.24) is 4.90 Å². The van der Waals surface area contributed by atoms with Crippen LogP contribution in [0.3, 0.4) is 0 Å². The molecule has 0 saturated carbocycles. The highest BCUT2D eigenvalue weighted by atomic mass is 35.5. The molecule has 0 spiro atoms. The summed E-state index contributed by atoms with van der Waals surface area (Å²) in [4.78, 5) is 37.3. The van der Waals surface area contributed by atoms with Crippen LogP contribution in [0.1, 0.15) is 36.7 Å². The summed E-state index contributed by atoms with van der Waals surface area (Å²) in [5, 5.41) is 10.8. The number of hydrogen-bond donors (Lipinski definition) is 0. The topological polar surface area (TPSA) is 103 Å². The lowest BCUT2D eigenvalue weighted by Gasteiger charge is -2.17. The minimum absolute atomic E-state index is 0.0241. The van der Waals surface area contributed by atoms with Gasteiger partial charge in [0.15, 0.2) is 0 Å². The van der Waals surface area contributed by atoms with Gasteiger partial charge in [0, 0.05) is 17.7 Å². The molecule has 2 heterocycles. The van der Waals surface area contributed by atoms with Gasteiger partial charge in [-0.2, -0.15) is 0 Å². The number of nitro groups is 1. The quantitative estimate of drug-likeness (QED) is 0.176. The molecule has 1 aliphatic rings. The summed E-state index contributed by atoms with van der Waals surface area (Å²) in [5.74, 6) is 1.30. The second-order valence-electron chi connectivity index (χ2n) is 8.50. The Morgan fingerprint density at radius 3 is 2.67 bits per heavy atom. The molecular weight excluding hydrogens is 504 g/mol. The van der Waals surface area contributed by atoms with Crippen LogP contribution >= 0.6 is 23.4 Å². The summed E-state index contributed by atoms with van der Waals surface area (Å²) in [6.45, 7) is 6.42. The number of nitro benzene ring substituents is 1. The molecule has 1 aromatic heterocycles. The molecule has 1 fully saturated rings. The maximum Gasteiger partial charge on any atom is 0.293 e. The molecule has 8 nitrogen and oxygen atoms in total. The van der Waals surface area contributed by atoms with Crippen molar-refractivity contribution in [2.45, 2.75) is 26.7 Å². The fraction of sp³-hybridized carbons (Fsp3) is 0.231. The van der Waals surface area contributed by atoms with E-state index in [9.17, 15) is 19.7 Å². The smallest absolute Gasteiger partial charge is 0.293 e. The van der Waals surface area contributed by atoms with E-state index in [0.717, 1.165) is 33.5 Å². The Labute approximate surface area is 217 Å². The van der Waals surface area contributed by atoms with Gasteiger partial charge in [-0.25, -0.2) is 0 Å². The number of furan rings is 1. The van der Waals surface area contributed by atoms with Crippen molar-refractivity contribution in [2.75, 3.05) is 13.2 Å². The maximum absolute atomic E-state index is 12.9. The molecule has 0 bridgehead atoms. The van der Waals surface area contributed by atoms with E-state index in [0.29, 0.717) is 17.1 Å². The van der Waals surface area contributed by atoms with Crippen molar-refractivity contribution in [1.29, 1.82) is 0 Å². The van der Waals surface area contributed by atoms with Gasteiger partial charge in [0.1, 0.15) is 28.9 Å². The van der Waals surface area contributed by atoms with E-state index in [1.54, 1.807) is 18.2 Å². The number of nitrogens with zero attached hydrogens (tertiary/aromatic N) is 2. The first-order valence-corrected chi connectivity index (χ1v) is 12.4. The molecule has 0 radical (unpaired) electrons. The summed E-state index contributed by atoms with van der Waals surface area (Å²) in [6.07, 6.45) is 1.48. The number of carbonyl (C=O) groups is 2. The highest BCUT2D eigenvalue weighted by molar-refractivity contribution is 8.18. The normalized spacial score (nSPS) is 14.8. The van der Waals surface area contributed by atoms with Crippen molar-refractivity contribution in [3.8, 4) is 17.1 Å². The highest BCUT2D eigenvalue weighted by Gasteiger charge is 2.35. The maximum atomic E-state index is 12.9. The number of halogens is 1. The average Bonchev–Trinajstić information content (AvgIpc) is 3.39. The first kappa shape index (κ1) is 25.5. The van der Waals surface area contributed by atoms with Crippen LogP contribution in [-0.4, -0.2) is 34.1 Å². The predicted octanol–water partition coefficient (Wildman–Crippen LogP) is 7.06. The number of rotatable bonds is 8.